The first-order valence-corrected chi connectivity index (χ1v) is 11.8. The summed E-state index contributed by atoms with van der Waals surface area (Å²) < 4.78 is 5.53. The maximum atomic E-state index is 11.4. The summed E-state index contributed by atoms with van der Waals surface area (Å²) in [6.07, 6.45) is 5.60. The lowest BCUT2D eigenvalue weighted by Gasteiger charge is -2.44. The highest BCUT2D eigenvalue weighted by molar-refractivity contribution is 6.28. The van der Waals surface area contributed by atoms with Crippen molar-refractivity contribution in [3.63, 3.8) is 0 Å². The van der Waals surface area contributed by atoms with Crippen LogP contribution in [0.4, 0.5) is 11.5 Å². The normalized spacial score (nSPS) is 20.8. The second kappa shape index (κ2) is 8.52. The van der Waals surface area contributed by atoms with Crippen LogP contribution in [0.1, 0.15) is 29.3 Å². The van der Waals surface area contributed by atoms with E-state index in [2.05, 4.69) is 43.1 Å². The Morgan fingerprint density at radius 3 is 2.91 bits per heavy atom. The van der Waals surface area contributed by atoms with Crippen LogP contribution in [0.25, 0.3) is 11.3 Å². The standard InChI is InChI=1S/C24H25ClN6O2/c25-24-26-7-5-18(27-24)15-3-4-20-16(12-15)2-1-8-31(20)23-21-19(28-29-23)6-9-30(10-11-32)22(21)17-13-33-14-17/h3-5,7,11-12,17,22H,1-2,6,8-10,13-14H2,(H,28,29). The van der Waals surface area contributed by atoms with Gasteiger partial charge in [0.15, 0.2) is 5.82 Å². The number of hydrogen-bond donors (Lipinski definition) is 1. The second-order valence-corrected chi connectivity index (χ2v) is 9.24. The molecule has 1 N–H and O–H groups in total. The monoisotopic (exact) mass is 464 g/mol. The van der Waals surface area contributed by atoms with Crippen LogP contribution in [-0.4, -0.2) is 64.2 Å². The predicted octanol–water partition coefficient (Wildman–Crippen LogP) is 3.35. The van der Waals surface area contributed by atoms with E-state index in [1.807, 2.05) is 6.07 Å². The van der Waals surface area contributed by atoms with Crippen molar-refractivity contribution in [1.29, 1.82) is 0 Å². The van der Waals surface area contributed by atoms with E-state index in [4.69, 9.17) is 21.4 Å². The summed E-state index contributed by atoms with van der Waals surface area (Å²) in [6, 6.07) is 8.48. The number of ether oxygens (including phenoxy) is 1. The van der Waals surface area contributed by atoms with Crippen LogP contribution in [0.3, 0.4) is 0 Å². The molecule has 9 heteroatoms. The number of nitrogens with zero attached hydrogens (tertiary/aromatic N) is 5. The number of rotatable bonds is 5. The van der Waals surface area contributed by atoms with Crippen LogP contribution < -0.4 is 4.90 Å². The molecule has 5 heterocycles. The summed E-state index contributed by atoms with van der Waals surface area (Å²) in [4.78, 5) is 24.4. The molecule has 3 aliphatic rings. The molecule has 0 radical (unpaired) electrons. The summed E-state index contributed by atoms with van der Waals surface area (Å²) in [5.41, 5.74) is 6.72. The highest BCUT2D eigenvalue weighted by atomic mass is 35.5. The average Bonchev–Trinajstić information content (AvgIpc) is 3.23. The zero-order valence-electron chi connectivity index (χ0n) is 18.2. The number of benzene rings is 1. The molecule has 6 rings (SSSR count). The third kappa shape index (κ3) is 3.62. The number of nitrogens with one attached hydrogen (secondary N) is 1. The van der Waals surface area contributed by atoms with E-state index in [0.717, 1.165) is 68.9 Å². The number of halogens is 1. The molecule has 0 bridgehead atoms. The third-order valence-corrected chi connectivity index (χ3v) is 7.18. The van der Waals surface area contributed by atoms with Crippen molar-refractivity contribution in [3.05, 3.63) is 52.6 Å². The number of fused-ring (bicyclic) bond motifs is 2. The van der Waals surface area contributed by atoms with Gasteiger partial charge >= 0.3 is 0 Å². The SMILES string of the molecule is O=CCN1CCc2[nH]nc(N3CCCc4cc(-c5ccnc(Cl)n5)ccc43)c2C1C1COC1. The second-order valence-electron chi connectivity index (χ2n) is 8.90. The Bertz CT molecular complexity index is 1190. The summed E-state index contributed by atoms with van der Waals surface area (Å²) in [5.74, 6) is 1.37. The van der Waals surface area contributed by atoms with Crippen LogP contribution in [0.15, 0.2) is 30.5 Å². The first-order chi connectivity index (χ1) is 16.2. The molecule has 1 saturated heterocycles. The number of H-pyrrole nitrogens is 1. The van der Waals surface area contributed by atoms with Gasteiger partial charge in [0.2, 0.25) is 5.28 Å². The molecule has 0 amide bonds. The first-order valence-electron chi connectivity index (χ1n) is 11.4. The number of carbonyl (C=O) groups is 1. The molecule has 2 aromatic heterocycles. The van der Waals surface area contributed by atoms with Crippen LogP contribution in [-0.2, 0) is 22.4 Å². The Kier molecular flexibility index (Phi) is 5.36. The van der Waals surface area contributed by atoms with E-state index in [9.17, 15) is 4.79 Å². The predicted molar refractivity (Wildman–Crippen MR) is 125 cm³/mol. The summed E-state index contributed by atoms with van der Waals surface area (Å²) in [7, 11) is 0. The van der Waals surface area contributed by atoms with Crippen molar-refractivity contribution >= 4 is 29.4 Å². The smallest absolute Gasteiger partial charge is 0.222 e. The van der Waals surface area contributed by atoms with Gasteiger partial charge in [0.05, 0.1) is 25.5 Å². The maximum absolute atomic E-state index is 11.4. The fourth-order valence-electron chi connectivity index (χ4n) is 5.40. The van der Waals surface area contributed by atoms with E-state index in [0.29, 0.717) is 12.5 Å². The molecular formula is C24H25ClN6O2. The lowest BCUT2D eigenvalue weighted by atomic mass is 9.85. The Morgan fingerprint density at radius 1 is 1.21 bits per heavy atom. The minimum atomic E-state index is 0.147. The molecule has 170 valence electrons. The van der Waals surface area contributed by atoms with Gasteiger partial charge in [0.25, 0.3) is 0 Å². The van der Waals surface area contributed by atoms with Crippen molar-refractivity contribution in [3.8, 4) is 11.3 Å². The molecule has 1 atom stereocenters. The summed E-state index contributed by atoms with van der Waals surface area (Å²) >= 11 is 6.01. The van der Waals surface area contributed by atoms with E-state index >= 15 is 0 Å². The molecule has 0 saturated carbocycles. The zero-order valence-corrected chi connectivity index (χ0v) is 19.0. The molecule has 3 aromatic rings. The van der Waals surface area contributed by atoms with Crippen LogP contribution >= 0.6 is 11.6 Å². The minimum absolute atomic E-state index is 0.147. The topological polar surface area (TPSA) is 87.2 Å². The number of aromatic amines is 1. The molecule has 1 unspecified atom stereocenters. The maximum Gasteiger partial charge on any atom is 0.222 e. The number of aldehydes is 1. The van der Waals surface area contributed by atoms with Gasteiger partial charge in [-0.3, -0.25) is 10.00 Å². The fourth-order valence-corrected chi connectivity index (χ4v) is 5.55. The van der Waals surface area contributed by atoms with Crippen LogP contribution in [0, 0.1) is 5.92 Å². The molecule has 1 fully saturated rings. The average molecular weight is 465 g/mol. The number of aryl methyl sites for hydroxylation is 1. The molecule has 0 aliphatic carbocycles. The molecule has 0 spiro atoms. The molecule has 1 aromatic carbocycles. The highest BCUT2D eigenvalue weighted by Crippen LogP contribution is 2.45. The van der Waals surface area contributed by atoms with Gasteiger partial charge in [0, 0.05) is 60.2 Å². The van der Waals surface area contributed by atoms with E-state index < -0.39 is 0 Å². The largest absolute Gasteiger partial charge is 0.381 e. The summed E-state index contributed by atoms with van der Waals surface area (Å²) in [6.45, 7) is 3.66. The number of hydrogen-bond acceptors (Lipinski definition) is 7. The number of carbonyl (C=O) groups excluding carboxylic acids is 1. The van der Waals surface area contributed by atoms with Gasteiger partial charge < -0.3 is 14.4 Å². The lowest BCUT2D eigenvalue weighted by molar-refractivity contribution is -0.113. The highest BCUT2D eigenvalue weighted by Gasteiger charge is 2.41. The van der Waals surface area contributed by atoms with Crippen molar-refractivity contribution in [2.24, 2.45) is 5.92 Å². The van der Waals surface area contributed by atoms with E-state index in [1.165, 1.54) is 22.5 Å². The van der Waals surface area contributed by atoms with Gasteiger partial charge in [-0.15, -0.1) is 0 Å². The molecule has 3 aliphatic heterocycles. The Morgan fingerprint density at radius 2 is 2.12 bits per heavy atom. The third-order valence-electron chi connectivity index (χ3n) is 7.00. The zero-order chi connectivity index (χ0) is 22.4. The van der Waals surface area contributed by atoms with Gasteiger partial charge in [-0.05, 0) is 48.2 Å². The Balaban J connectivity index is 1.39. The van der Waals surface area contributed by atoms with Crippen molar-refractivity contribution in [1.82, 2.24) is 25.1 Å². The van der Waals surface area contributed by atoms with Gasteiger partial charge in [0.1, 0.15) is 6.29 Å². The van der Waals surface area contributed by atoms with Crippen molar-refractivity contribution < 1.29 is 9.53 Å². The summed E-state index contributed by atoms with van der Waals surface area (Å²) in [5, 5.41) is 8.37. The van der Waals surface area contributed by atoms with Gasteiger partial charge in [-0.1, -0.05) is 6.07 Å². The molecule has 33 heavy (non-hydrogen) atoms. The Hall–Kier alpha value is -2.81. The number of anilines is 2. The van der Waals surface area contributed by atoms with Gasteiger partial charge in [-0.25, -0.2) is 9.97 Å². The molecular weight excluding hydrogens is 440 g/mol. The van der Waals surface area contributed by atoms with E-state index in [-0.39, 0.29) is 11.3 Å². The van der Waals surface area contributed by atoms with Gasteiger partial charge in [-0.2, -0.15) is 5.10 Å². The first kappa shape index (κ1) is 20.8. The lowest BCUT2D eigenvalue weighted by Crippen LogP contribution is -2.46. The fraction of sp³-hybridized carbons (Fsp3) is 0.417. The number of aromatic nitrogens is 4. The van der Waals surface area contributed by atoms with Crippen LogP contribution in [0.5, 0.6) is 0 Å². The van der Waals surface area contributed by atoms with Crippen molar-refractivity contribution in [2.45, 2.75) is 25.3 Å². The van der Waals surface area contributed by atoms with E-state index in [1.54, 1.807) is 6.20 Å². The van der Waals surface area contributed by atoms with Crippen LogP contribution in [0.2, 0.25) is 5.28 Å². The van der Waals surface area contributed by atoms with Crippen molar-refractivity contribution in [2.75, 3.05) is 37.7 Å². The minimum Gasteiger partial charge on any atom is -0.381 e. The molecule has 8 nitrogen and oxygen atoms in total. The quantitative estimate of drug-likeness (QED) is 0.457. The Labute approximate surface area is 196 Å².